The molecule has 0 bridgehead atoms. The maximum absolute atomic E-state index is 4.94. The van der Waals surface area contributed by atoms with Gasteiger partial charge in [-0.05, 0) is 40.6 Å². The van der Waals surface area contributed by atoms with Gasteiger partial charge in [0.2, 0.25) is 0 Å². The zero-order chi connectivity index (χ0) is 16.6. The lowest BCUT2D eigenvalue weighted by atomic mass is 9.49. The van der Waals surface area contributed by atoms with Crippen LogP contribution in [0.25, 0.3) is 0 Å². The SMILES string of the molecule is CC(C)(C)C1C(C)(C)CC(N=Cc2ccccc2)CC1(C)C. The van der Waals surface area contributed by atoms with Crippen LogP contribution in [0.15, 0.2) is 35.3 Å². The normalized spacial score (nSPS) is 28.0. The minimum absolute atomic E-state index is 0.318. The van der Waals surface area contributed by atoms with Gasteiger partial charge < -0.3 is 0 Å². The molecule has 0 aromatic heterocycles. The molecule has 22 heavy (non-hydrogen) atoms. The Morgan fingerprint density at radius 1 is 0.955 bits per heavy atom. The number of nitrogens with zero attached hydrogens (tertiary/aromatic N) is 1. The van der Waals surface area contributed by atoms with Crippen molar-refractivity contribution in [3.8, 4) is 0 Å². The Hall–Kier alpha value is -1.11. The van der Waals surface area contributed by atoms with Crippen LogP contribution < -0.4 is 0 Å². The van der Waals surface area contributed by atoms with E-state index < -0.39 is 0 Å². The Morgan fingerprint density at radius 2 is 1.45 bits per heavy atom. The Labute approximate surface area is 137 Å². The van der Waals surface area contributed by atoms with Crippen LogP contribution in [0, 0.1) is 22.2 Å². The molecule has 0 radical (unpaired) electrons. The third kappa shape index (κ3) is 3.80. The summed E-state index contributed by atoms with van der Waals surface area (Å²) in [7, 11) is 0. The van der Waals surface area contributed by atoms with Gasteiger partial charge in [-0.15, -0.1) is 0 Å². The first-order chi connectivity index (χ1) is 10.0. The lowest BCUT2D eigenvalue weighted by Gasteiger charge is -2.57. The summed E-state index contributed by atoms with van der Waals surface area (Å²) in [4.78, 5) is 4.94. The van der Waals surface area contributed by atoms with Crippen molar-refractivity contribution in [3.05, 3.63) is 35.9 Å². The van der Waals surface area contributed by atoms with Gasteiger partial charge in [0.15, 0.2) is 0 Å². The number of rotatable bonds is 2. The molecule has 122 valence electrons. The van der Waals surface area contributed by atoms with E-state index >= 15 is 0 Å². The molecule has 1 fully saturated rings. The summed E-state index contributed by atoms with van der Waals surface area (Å²) < 4.78 is 0. The summed E-state index contributed by atoms with van der Waals surface area (Å²) in [6.07, 6.45) is 4.43. The maximum atomic E-state index is 4.94. The molecular formula is C21H33N. The lowest BCUT2D eigenvalue weighted by molar-refractivity contribution is -0.0648. The number of hydrogen-bond acceptors (Lipinski definition) is 1. The van der Waals surface area contributed by atoms with Gasteiger partial charge in [-0.2, -0.15) is 0 Å². The molecule has 2 rings (SSSR count). The molecule has 0 atom stereocenters. The average molecular weight is 300 g/mol. The number of benzene rings is 1. The first-order valence-electron chi connectivity index (χ1n) is 8.61. The fourth-order valence-corrected chi connectivity index (χ4v) is 5.76. The second-order valence-electron chi connectivity index (χ2n) is 9.53. The van der Waals surface area contributed by atoms with Crippen molar-refractivity contribution in [2.75, 3.05) is 0 Å². The molecule has 1 aromatic carbocycles. The maximum Gasteiger partial charge on any atom is 0.0510 e. The second-order valence-corrected chi connectivity index (χ2v) is 9.53. The molecule has 1 aliphatic carbocycles. The molecule has 0 spiro atoms. The van der Waals surface area contributed by atoms with Crippen LogP contribution in [0.1, 0.15) is 66.9 Å². The molecule has 0 aliphatic heterocycles. The predicted molar refractivity (Wildman–Crippen MR) is 97.6 cm³/mol. The van der Waals surface area contributed by atoms with E-state index in [1.165, 1.54) is 18.4 Å². The van der Waals surface area contributed by atoms with Crippen LogP contribution in [0.2, 0.25) is 0 Å². The zero-order valence-electron chi connectivity index (χ0n) is 15.5. The molecule has 1 heteroatoms. The van der Waals surface area contributed by atoms with Crippen LogP contribution in [0.5, 0.6) is 0 Å². The average Bonchev–Trinajstić information content (AvgIpc) is 2.32. The first kappa shape index (κ1) is 17.2. The second kappa shape index (κ2) is 5.83. The fourth-order valence-electron chi connectivity index (χ4n) is 5.76. The van der Waals surface area contributed by atoms with Gasteiger partial charge in [0.25, 0.3) is 0 Å². The van der Waals surface area contributed by atoms with Crippen molar-refractivity contribution < 1.29 is 0 Å². The van der Waals surface area contributed by atoms with Gasteiger partial charge in [-0.3, -0.25) is 4.99 Å². The van der Waals surface area contributed by atoms with Crippen molar-refractivity contribution in [3.63, 3.8) is 0 Å². The molecule has 0 amide bonds. The van der Waals surface area contributed by atoms with Crippen LogP contribution in [-0.2, 0) is 0 Å². The smallest absolute Gasteiger partial charge is 0.0510 e. The highest BCUT2D eigenvalue weighted by molar-refractivity contribution is 5.79. The molecule has 1 aromatic rings. The van der Waals surface area contributed by atoms with E-state index in [1.54, 1.807) is 0 Å². The summed E-state index contributed by atoms with van der Waals surface area (Å²) in [5.74, 6) is 0.704. The van der Waals surface area contributed by atoms with Crippen molar-refractivity contribution in [1.29, 1.82) is 0 Å². The third-order valence-electron chi connectivity index (χ3n) is 5.19. The fraction of sp³-hybridized carbons (Fsp3) is 0.667. The van der Waals surface area contributed by atoms with Gasteiger partial charge in [-0.1, -0.05) is 78.8 Å². The summed E-state index contributed by atoms with van der Waals surface area (Å²) in [6.45, 7) is 17.0. The highest BCUT2D eigenvalue weighted by atomic mass is 14.8. The van der Waals surface area contributed by atoms with E-state index in [0.717, 1.165) is 0 Å². The zero-order valence-corrected chi connectivity index (χ0v) is 15.5. The molecule has 0 N–H and O–H groups in total. The van der Waals surface area contributed by atoms with Crippen LogP contribution in [0.3, 0.4) is 0 Å². The summed E-state index contributed by atoms with van der Waals surface area (Å²) >= 11 is 0. The molecule has 1 saturated carbocycles. The molecular weight excluding hydrogens is 266 g/mol. The summed E-state index contributed by atoms with van der Waals surface area (Å²) in [5.41, 5.74) is 2.18. The third-order valence-corrected chi connectivity index (χ3v) is 5.19. The van der Waals surface area contributed by atoms with Crippen molar-refractivity contribution in [2.45, 2.75) is 67.3 Å². The van der Waals surface area contributed by atoms with Gasteiger partial charge >= 0.3 is 0 Å². The predicted octanol–water partition coefficient (Wildman–Crippen LogP) is 5.98. The van der Waals surface area contributed by atoms with Crippen molar-refractivity contribution in [1.82, 2.24) is 0 Å². The van der Waals surface area contributed by atoms with Crippen molar-refractivity contribution in [2.24, 2.45) is 27.2 Å². The Morgan fingerprint density at radius 3 is 1.91 bits per heavy atom. The van der Waals surface area contributed by atoms with Crippen LogP contribution >= 0.6 is 0 Å². The summed E-state index contributed by atoms with van der Waals surface area (Å²) in [6, 6.07) is 10.9. The van der Waals surface area contributed by atoms with Crippen LogP contribution in [-0.4, -0.2) is 12.3 Å². The van der Waals surface area contributed by atoms with Gasteiger partial charge in [0, 0.05) is 6.21 Å². The standard InChI is InChI=1S/C21H33N/c1-19(2,3)18-20(4,5)13-17(14-21(18,6)7)22-15-16-11-9-8-10-12-16/h8-12,15,17-18H,13-14H2,1-7H3. The Balaban J connectivity index is 2.21. The van der Waals surface area contributed by atoms with Crippen molar-refractivity contribution >= 4 is 6.21 Å². The number of aliphatic imine (C=N–C) groups is 1. The number of hydrogen-bond donors (Lipinski definition) is 0. The van der Waals surface area contributed by atoms with E-state index in [0.29, 0.717) is 28.2 Å². The minimum atomic E-state index is 0.318. The van der Waals surface area contributed by atoms with E-state index in [1.807, 2.05) is 0 Å². The monoisotopic (exact) mass is 299 g/mol. The van der Waals surface area contributed by atoms with Gasteiger partial charge in [-0.25, -0.2) is 0 Å². The molecule has 0 unspecified atom stereocenters. The quantitative estimate of drug-likeness (QED) is 0.595. The van der Waals surface area contributed by atoms with E-state index in [4.69, 9.17) is 4.99 Å². The molecule has 0 saturated heterocycles. The highest BCUT2D eigenvalue weighted by Crippen LogP contribution is 2.58. The minimum Gasteiger partial charge on any atom is -0.289 e. The topological polar surface area (TPSA) is 12.4 Å². The van der Waals surface area contributed by atoms with E-state index in [9.17, 15) is 0 Å². The van der Waals surface area contributed by atoms with Gasteiger partial charge in [0.05, 0.1) is 6.04 Å². The highest BCUT2D eigenvalue weighted by Gasteiger charge is 2.51. The lowest BCUT2D eigenvalue weighted by Crippen LogP contribution is -2.50. The molecule has 1 nitrogen and oxygen atoms in total. The van der Waals surface area contributed by atoms with Gasteiger partial charge in [0.1, 0.15) is 0 Å². The first-order valence-corrected chi connectivity index (χ1v) is 8.61. The van der Waals surface area contributed by atoms with E-state index in [2.05, 4.69) is 85.0 Å². The summed E-state index contributed by atoms with van der Waals surface area (Å²) in [5, 5.41) is 0. The Bertz CT molecular complexity index is 499. The molecule has 1 aliphatic rings. The largest absolute Gasteiger partial charge is 0.289 e. The van der Waals surface area contributed by atoms with Crippen LogP contribution in [0.4, 0.5) is 0 Å². The molecule has 0 heterocycles. The van der Waals surface area contributed by atoms with E-state index in [-0.39, 0.29) is 0 Å². The Kier molecular flexibility index (Phi) is 4.57.